The SMILES string of the molecule is [2H]c1cc([2H])c(-c2c([2H])cc([2H])c(C)c2[2H])c([2H])c1C. The minimum Gasteiger partial charge on any atom is -0.0614 e. The summed E-state index contributed by atoms with van der Waals surface area (Å²) in [6.07, 6.45) is 0. The molecule has 2 aromatic rings. The third-order valence-electron chi connectivity index (χ3n) is 1.89. The van der Waals surface area contributed by atoms with Gasteiger partial charge in [-0.2, -0.15) is 0 Å². The molecule has 0 N–H and O–H groups in total. The molecule has 0 unspecified atom stereocenters. The summed E-state index contributed by atoms with van der Waals surface area (Å²) < 4.78 is 47.4. The monoisotopic (exact) mass is 188 g/mol. The predicted molar refractivity (Wildman–Crippen MR) is 61.4 cm³/mol. The van der Waals surface area contributed by atoms with Crippen LogP contribution in [0.2, 0.25) is 0 Å². The van der Waals surface area contributed by atoms with Crippen molar-refractivity contribution in [2.45, 2.75) is 13.8 Å². The van der Waals surface area contributed by atoms with Crippen molar-refractivity contribution in [3.8, 4) is 11.1 Å². The van der Waals surface area contributed by atoms with Crippen molar-refractivity contribution >= 4 is 0 Å². The molecule has 0 bridgehead atoms. The lowest BCUT2D eigenvalue weighted by Crippen LogP contribution is -1.80. The Morgan fingerprint density at radius 2 is 1.21 bits per heavy atom. The first kappa shape index (κ1) is 4.31. The van der Waals surface area contributed by atoms with Gasteiger partial charge >= 0.3 is 0 Å². The minimum atomic E-state index is -0.0373. The molecule has 0 aliphatic heterocycles. The molecule has 0 spiro atoms. The first-order valence-corrected chi connectivity index (χ1v) is 4.40. The summed E-state index contributed by atoms with van der Waals surface area (Å²) in [5.74, 6) is 0. The van der Waals surface area contributed by atoms with Crippen molar-refractivity contribution in [2.75, 3.05) is 0 Å². The zero-order chi connectivity index (χ0) is 15.2. The normalized spacial score (nSPS) is 16.1. The van der Waals surface area contributed by atoms with Crippen LogP contribution in [0.1, 0.15) is 19.4 Å². The molecule has 0 atom stereocenters. The Balaban J connectivity index is 2.90. The molecule has 0 nitrogen and oxygen atoms in total. The number of rotatable bonds is 1. The molecule has 0 saturated heterocycles. The van der Waals surface area contributed by atoms with E-state index in [9.17, 15) is 0 Å². The van der Waals surface area contributed by atoms with Gasteiger partial charge in [0.1, 0.15) is 0 Å². The fourth-order valence-corrected chi connectivity index (χ4v) is 1.22. The molecular formula is C14H14. The van der Waals surface area contributed by atoms with Gasteiger partial charge in [0.2, 0.25) is 0 Å². The first-order chi connectivity index (χ1) is 9.25. The van der Waals surface area contributed by atoms with Crippen LogP contribution in [0, 0.1) is 13.8 Å². The molecule has 0 aliphatic carbocycles. The molecule has 0 aliphatic rings. The molecule has 0 heterocycles. The maximum atomic E-state index is 8.08. The van der Waals surface area contributed by atoms with Crippen LogP contribution < -0.4 is 0 Å². The van der Waals surface area contributed by atoms with E-state index in [4.69, 9.17) is 8.22 Å². The lowest BCUT2D eigenvalue weighted by Gasteiger charge is -2.03. The van der Waals surface area contributed by atoms with Crippen LogP contribution >= 0.6 is 0 Å². The maximum Gasteiger partial charge on any atom is 0.0632 e. The Hall–Kier alpha value is -1.56. The van der Waals surface area contributed by atoms with Gasteiger partial charge in [-0.15, -0.1) is 0 Å². The van der Waals surface area contributed by atoms with Crippen LogP contribution in [0.3, 0.4) is 0 Å². The second-order valence-electron chi connectivity index (χ2n) is 3.12. The van der Waals surface area contributed by atoms with Crippen molar-refractivity contribution < 1.29 is 8.22 Å². The summed E-state index contributed by atoms with van der Waals surface area (Å²) in [6, 6.07) is 2.79. The highest BCUT2D eigenvalue weighted by Gasteiger charge is 1.96. The third kappa shape index (κ3) is 1.85. The first-order valence-electron chi connectivity index (χ1n) is 7.40. The molecule has 0 radical (unpaired) electrons. The van der Waals surface area contributed by atoms with Gasteiger partial charge in [0.05, 0.1) is 8.22 Å². The summed E-state index contributed by atoms with van der Waals surface area (Å²) in [4.78, 5) is 0. The minimum absolute atomic E-state index is 0.00151. The lowest BCUT2D eigenvalue weighted by molar-refractivity contribution is 1.44. The Morgan fingerprint density at radius 3 is 1.64 bits per heavy atom. The average molecular weight is 188 g/mol. The van der Waals surface area contributed by atoms with Crippen molar-refractivity contribution in [3.63, 3.8) is 0 Å². The highest BCUT2D eigenvalue weighted by atomic mass is 14.0. The second kappa shape index (κ2) is 3.67. The molecular weight excluding hydrogens is 168 g/mol. The fourth-order valence-electron chi connectivity index (χ4n) is 1.22. The van der Waals surface area contributed by atoms with Gasteiger partial charge in [-0.25, -0.2) is 0 Å². The van der Waals surface area contributed by atoms with Gasteiger partial charge in [-0.1, -0.05) is 59.5 Å². The van der Waals surface area contributed by atoms with Gasteiger partial charge in [-0.05, 0) is 25.0 Å². The van der Waals surface area contributed by atoms with E-state index in [0.717, 1.165) is 0 Å². The molecule has 0 heteroatoms. The van der Waals surface area contributed by atoms with Crippen LogP contribution in [0.15, 0.2) is 48.4 Å². The summed E-state index contributed by atoms with van der Waals surface area (Å²) in [6.45, 7) is 3.24. The van der Waals surface area contributed by atoms with Gasteiger partial charge in [0, 0.05) is 0 Å². The molecule has 2 rings (SSSR count). The van der Waals surface area contributed by atoms with E-state index in [1.165, 1.54) is 12.1 Å². The number of hydrogen-bond acceptors (Lipinski definition) is 0. The molecule has 0 fully saturated rings. The van der Waals surface area contributed by atoms with Crippen molar-refractivity contribution in [1.82, 2.24) is 0 Å². The summed E-state index contributed by atoms with van der Waals surface area (Å²) in [7, 11) is 0. The van der Waals surface area contributed by atoms with Crippen LogP contribution in [-0.2, 0) is 0 Å². The summed E-state index contributed by atoms with van der Waals surface area (Å²) >= 11 is 0. The Kier molecular flexibility index (Phi) is 1.13. The highest BCUT2D eigenvalue weighted by Crippen LogP contribution is 2.20. The predicted octanol–water partition coefficient (Wildman–Crippen LogP) is 3.97. The smallest absolute Gasteiger partial charge is 0.0614 e. The molecule has 2 aromatic carbocycles. The Labute approximate surface area is 93.6 Å². The van der Waals surface area contributed by atoms with Crippen molar-refractivity contribution in [2.24, 2.45) is 0 Å². The van der Waals surface area contributed by atoms with E-state index in [0.29, 0.717) is 11.1 Å². The van der Waals surface area contributed by atoms with Crippen molar-refractivity contribution in [3.05, 3.63) is 59.5 Å². The van der Waals surface area contributed by atoms with E-state index in [1.54, 1.807) is 13.8 Å². The van der Waals surface area contributed by atoms with Crippen LogP contribution in [0.4, 0.5) is 0 Å². The standard InChI is InChI=1S/C14H14/c1-11-5-3-7-13(9-11)14-8-4-6-12(2)10-14/h3-10H,1-2H3/i5D,6D,7D,8D,9D,10D. The van der Waals surface area contributed by atoms with E-state index < -0.39 is 0 Å². The fraction of sp³-hybridized carbons (Fsp3) is 0.143. The highest BCUT2D eigenvalue weighted by molar-refractivity contribution is 5.64. The maximum absolute atomic E-state index is 8.08. The van der Waals surface area contributed by atoms with E-state index in [-0.39, 0.29) is 47.4 Å². The largest absolute Gasteiger partial charge is 0.0632 e. The van der Waals surface area contributed by atoms with Gasteiger partial charge in [0.15, 0.2) is 0 Å². The topological polar surface area (TPSA) is 0 Å². The molecule has 0 saturated carbocycles. The van der Waals surface area contributed by atoms with Crippen LogP contribution in [0.5, 0.6) is 0 Å². The molecule has 0 amide bonds. The second-order valence-corrected chi connectivity index (χ2v) is 3.12. The van der Waals surface area contributed by atoms with Gasteiger partial charge in [0.25, 0.3) is 0 Å². The quantitative estimate of drug-likeness (QED) is 0.635. The van der Waals surface area contributed by atoms with E-state index in [2.05, 4.69) is 0 Å². The zero-order valence-corrected chi connectivity index (χ0v) is 8.15. The molecule has 14 heavy (non-hydrogen) atoms. The molecule has 70 valence electrons. The Morgan fingerprint density at radius 1 is 0.786 bits per heavy atom. The Bertz CT molecular complexity index is 644. The van der Waals surface area contributed by atoms with Gasteiger partial charge in [-0.3, -0.25) is 0 Å². The number of benzene rings is 2. The van der Waals surface area contributed by atoms with Gasteiger partial charge < -0.3 is 0 Å². The zero-order valence-electron chi connectivity index (χ0n) is 14.2. The third-order valence-corrected chi connectivity index (χ3v) is 1.89. The number of hydrogen-bond donors (Lipinski definition) is 0. The lowest BCUT2D eigenvalue weighted by atomic mass is 10.0. The van der Waals surface area contributed by atoms with Crippen LogP contribution in [0.25, 0.3) is 11.1 Å². The van der Waals surface area contributed by atoms with E-state index in [1.807, 2.05) is 0 Å². The average Bonchev–Trinajstić information content (AvgIpc) is 2.37. The van der Waals surface area contributed by atoms with Crippen molar-refractivity contribution in [1.29, 1.82) is 0 Å². The molecule has 0 aromatic heterocycles. The van der Waals surface area contributed by atoms with Crippen LogP contribution in [-0.4, -0.2) is 0 Å². The summed E-state index contributed by atoms with van der Waals surface area (Å²) in [5.41, 5.74) is 1.22. The van der Waals surface area contributed by atoms with E-state index >= 15 is 0 Å². The summed E-state index contributed by atoms with van der Waals surface area (Å²) in [5, 5.41) is 0.